The smallest absolute Gasteiger partial charge is 0.171 e. The SMILES string of the molecule is C[C@]12CCC3C(CC(F)C4(O)CC5(CC[C@]34C)OCCO5)C1CCC2(O)C#CCCCOC1CCCCO1. The Labute approximate surface area is 227 Å². The number of unbranched alkanes of at least 4 members (excludes halogenated alkanes) is 1. The Morgan fingerprint density at radius 2 is 1.68 bits per heavy atom. The summed E-state index contributed by atoms with van der Waals surface area (Å²) in [6.45, 7) is 6.73. The van der Waals surface area contributed by atoms with E-state index in [9.17, 15) is 10.2 Å². The predicted molar refractivity (Wildman–Crippen MR) is 140 cm³/mol. The van der Waals surface area contributed by atoms with Crippen LogP contribution >= 0.6 is 0 Å². The summed E-state index contributed by atoms with van der Waals surface area (Å²) in [4.78, 5) is 0. The third-order valence-corrected chi connectivity index (χ3v) is 12.0. The summed E-state index contributed by atoms with van der Waals surface area (Å²) in [5.41, 5.74) is -3.36. The Morgan fingerprint density at radius 3 is 2.45 bits per heavy atom. The van der Waals surface area contributed by atoms with E-state index in [0.29, 0.717) is 51.9 Å². The summed E-state index contributed by atoms with van der Waals surface area (Å²) < 4.78 is 39.4. The summed E-state index contributed by atoms with van der Waals surface area (Å²) in [5.74, 6) is 6.32. The van der Waals surface area contributed by atoms with Crippen LogP contribution in [0, 0.1) is 40.4 Å². The lowest BCUT2D eigenvalue weighted by Gasteiger charge is -2.65. The first-order chi connectivity index (χ1) is 18.1. The van der Waals surface area contributed by atoms with Crippen molar-refractivity contribution in [3.63, 3.8) is 0 Å². The minimum atomic E-state index is -1.44. The van der Waals surface area contributed by atoms with Crippen molar-refractivity contribution in [2.75, 3.05) is 26.4 Å². The average Bonchev–Trinajstić information content (AvgIpc) is 3.46. The maximum Gasteiger partial charge on any atom is 0.171 e. The number of fused-ring (bicyclic) bond motifs is 5. The van der Waals surface area contributed by atoms with Crippen molar-refractivity contribution in [3.8, 4) is 11.8 Å². The van der Waals surface area contributed by atoms with Gasteiger partial charge in [-0.25, -0.2) is 4.39 Å². The molecule has 6 nitrogen and oxygen atoms in total. The maximum atomic E-state index is 16.1. The number of halogens is 1. The summed E-state index contributed by atoms with van der Waals surface area (Å²) >= 11 is 0. The normalized spacial score (nSPS) is 49.6. The molecule has 214 valence electrons. The van der Waals surface area contributed by atoms with E-state index in [1.165, 1.54) is 0 Å². The molecule has 6 aliphatic rings. The van der Waals surface area contributed by atoms with Gasteiger partial charge in [-0.1, -0.05) is 19.8 Å². The quantitative estimate of drug-likeness (QED) is 0.395. The van der Waals surface area contributed by atoms with Crippen molar-refractivity contribution in [1.82, 2.24) is 0 Å². The topological polar surface area (TPSA) is 77.4 Å². The first-order valence-electron chi connectivity index (χ1n) is 15.2. The van der Waals surface area contributed by atoms with E-state index in [1.54, 1.807) is 0 Å². The molecule has 2 aliphatic heterocycles. The monoisotopic (exact) mass is 534 g/mol. The Morgan fingerprint density at radius 1 is 0.921 bits per heavy atom. The minimum absolute atomic E-state index is 0.0761. The molecule has 38 heavy (non-hydrogen) atoms. The molecule has 0 radical (unpaired) electrons. The standard InChI is InChI=1S/C31H47FO6/c1-27-12-9-24-22(20-25(32)31(34)21-30(37-18-19-38-30)15-14-28(24,31)2)23(27)10-13-29(27,33)11-5-3-6-16-35-26-8-4-7-17-36-26/h22-26,33-34H,3-4,6-10,12-21H2,1-2H3/t22?,23?,24?,25?,26?,27-,28+,29?,31?/m0/s1. The van der Waals surface area contributed by atoms with Gasteiger partial charge in [0.25, 0.3) is 0 Å². The van der Waals surface area contributed by atoms with E-state index in [4.69, 9.17) is 18.9 Å². The van der Waals surface area contributed by atoms with Gasteiger partial charge in [-0.15, -0.1) is 5.92 Å². The molecule has 6 rings (SSSR count). The molecular formula is C31H47FO6. The molecule has 2 saturated heterocycles. The van der Waals surface area contributed by atoms with Crippen LogP contribution in [0.3, 0.4) is 0 Å². The summed E-state index contributed by atoms with van der Waals surface area (Å²) in [7, 11) is 0. The molecule has 2 heterocycles. The van der Waals surface area contributed by atoms with Gasteiger partial charge in [-0.2, -0.15) is 0 Å². The fraction of sp³-hybridized carbons (Fsp3) is 0.935. The van der Waals surface area contributed by atoms with Crippen LogP contribution in [0.15, 0.2) is 0 Å². The van der Waals surface area contributed by atoms with Gasteiger partial charge >= 0.3 is 0 Å². The Bertz CT molecular complexity index is 936. The van der Waals surface area contributed by atoms with Gasteiger partial charge in [0.2, 0.25) is 0 Å². The third kappa shape index (κ3) is 4.20. The van der Waals surface area contributed by atoms with Crippen LogP contribution in [0.2, 0.25) is 0 Å². The first kappa shape index (κ1) is 27.4. The zero-order valence-electron chi connectivity index (χ0n) is 23.3. The molecule has 0 aromatic rings. The fourth-order valence-corrected chi connectivity index (χ4v) is 9.58. The zero-order valence-corrected chi connectivity index (χ0v) is 23.3. The molecule has 6 fully saturated rings. The van der Waals surface area contributed by atoms with Gasteiger partial charge in [0, 0.05) is 36.7 Å². The van der Waals surface area contributed by atoms with Crippen molar-refractivity contribution >= 4 is 0 Å². The molecule has 0 aromatic heterocycles. The lowest BCUT2D eigenvalue weighted by atomic mass is 9.42. The van der Waals surface area contributed by atoms with Crippen LogP contribution in [0.4, 0.5) is 4.39 Å². The van der Waals surface area contributed by atoms with E-state index in [2.05, 4.69) is 25.7 Å². The highest BCUT2D eigenvalue weighted by Crippen LogP contribution is 2.70. The molecule has 7 heteroatoms. The summed E-state index contributed by atoms with van der Waals surface area (Å²) in [6.07, 6.45) is 8.55. The molecule has 0 aromatic carbocycles. The Hall–Kier alpha value is -0.750. The molecule has 1 spiro atoms. The third-order valence-electron chi connectivity index (χ3n) is 12.0. The van der Waals surface area contributed by atoms with E-state index < -0.39 is 28.6 Å². The van der Waals surface area contributed by atoms with Gasteiger partial charge < -0.3 is 29.2 Å². The van der Waals surface area contributed by atoms with Crippen LogP contribution in [-0.4, -0.2) is 66.1 Å². The van der Waals surface area contributed by atoms with Gasteiger partial charge in [0.15, 0.2) is 12.1 Å². The highest BCUT2D eigenvalue weighted by molar-refractivity contribution is 5.27. The van der Waals surface area contributed by atoms with E-state index in [0.717, 1.165) is 51.6 Å². The van der Waals surface area contributed by atoms with Crippen molar-refractivity contribution in [3.05, 3.63) is 0 Å². The highest BCUT2D eigenvalue weighted by atomic mass is 19.1. The fourth-order valence-electron chi connectivity index (χ4n) is 9.58. The van der Waals surface area contributed by atoms with Crippen LogP contribution in [0.5, 0.6) is 0 Å². The van der Waals surface area contributed by atoms with Gasteiger partial charge in [0.05, 0.1) is 19.8 Å². The second-order valence-corrected chi connectivity index (χ2v) is 13.6. The largest absolute Gasteiger partial charge is 0.386 e. The first-order valence-corrected chi connectivity index (χ1v) is 15.2. The van der Waals surface area contributed by atoms with Crippen LogP contribution in [0.1, 0.15) is 97.3 Å². The number of rotatable bonds is 4. The lowest BCUT2D eigenvalue weighted by molar-refractivity contribution is -0.304. The summed E-state index contributed by atoms with van der Waals surface area (Å²) in [6, 6.07) is 0. The Balaban J connectivity index is 1.12. The molecule has 0 bridgehead atoms. The molecule has 0 amide bonds. The number of hydrogen-bond acceptors (Lipinski definition) is 6. The van der Waals surface area contributed by atoms with E-state index in [-0.39, 0.29) is 35.9 Å². The predicted octanol–water partition coefficient (Wildman–Crippen LogP) is 4.89. The molecule has 4 saturated carbocycles. The lowest BCUT2D eigenvalue weighted by Crippen LogP contribution is -2.70. The van der Waals surface area contributed by atoms with Crippen molar-refractivity contribution < 1.29 is 33.6 Å². The summed E-state index contributed by atoms with van der Waals surface area (Å²) in [5, 5.41) is 23.8. The van der Waals surface area contributed by atoms with Gasteiger partial charge in [0.1, 0.15) is 17.4 Å². The number of aliphatic hydroxyl groups is 2. The van der Waals surface area contributed by atoms with E-state index >= 15 is 4.39 Å². The zero-order chi connectivity index (χ0) is 26.7. The van der Waals surface area contributed by atoms with Gasteiger partial charge in [-0.3, -0.25) is 0 Å². The number of ether oxygens (including phenoxy) is 4. The Kier molecular flexibility index (Phi) is 7.19. The molecule has 9 atom stereocenters. The van der Waals surface area contributed by atoms with Crippen LogP contribution in [0.25, 0.3) is 0 Å². The van der Waals surface area contributed by atoms with Crippen LogP contribution in [-0.2, 0) is 18.9 Å². The number of alkyl halides is 1. The molecular weight excluding hydrogens is 487 g/mol. The molecule has 7 unspecified atom stereocenters. The highest BCUT2D eigenvalue weighted by Gasteiger charge is 2.71. The van der Waals surface area contributed by atoms with Gasteiger partial charge in [-0.05, 0) is 82.0 Å². The maximum absolute atomic E-state index is 16.1. The molecule has 2 N–H and O–H groups in total. The van der Waals surface area contributed by atoms with Crippen molar-refractivity contribution in [2.24, 2.45) is 28.6 Å². The van der Waals surface area contributed by atoms with Crippen LogP contribution < -0.4 is 0 Å². The average molecular weight is 535 g/mol. The second kappa shape index (κ2) is 9.96. The molecule has 4 aliphatic carbocycles. The second-order valence-electron chi connectivity index (χ2n) is 13.6. The minimum Gasteiger partial charge on any atom is -0.386 e. The van der Waals surface area contributed by atoms with Crippen molar-refractivity contribution in [2.45, 2.75) is 127 Å². The number of hydrogen-bond donors (Lipinski definition) is 2. The van der Waals surface area contributed by atoms with Crippen molar-refractivity contribution in [1.29, 1.82) is 0 Å². The van der Waals surface area contributed by atoms with E-state index in [1.807, 2.05) is 0 Å².